The molecule has 0 aromatic heterocycles. The van der Waals surface area contributed by atoms with E-state index in [0.29, 0.717) is 17.7 Å². The number of likely N-dealkylation sites (tertiary alicyclic amines) is 1. The highest BCUT2D eigenvalue weighted by Gasteiger charge is 2.38. The minimum atomic E-state index is 0.364. The van der Waals surface area contributed by atoms with Gasteiger partial charge in [-0.3, -0.25) is 9.80 Å². The maximum Gasteiger partial charge on any atom is 0.0936 e. The Morgan fingerprint density at radius 1 is 1.50 bits per heavy atom. The summed E-state index contributed by atoms with van der Waals surface area (Å²) in [6, 6.07) is 0.708. The SMILES string of the molecule is CN(C[C@@H]1CO1)C1CN(C)C(C)(C)C1. The molecule has 2 heterocycles. The van der Waals surface area contributed by atoms with Gasteiger partial charge < -0.3 is 4.74 Å². The predicted octanol–water partition coefficient (Wildman–Crippen LogP) is 0.800. The Hall–Kier alpha value is -0.120. The van der Waals surface area contributed by atoms with Crippen molar-refractivity contribution in [3.63, 3.8) is 0 Å². The van der Waals surface area contributed by atoms with Crippen LogP contribution in [0.25, 0.3) is 0 Å². The molecule has 2 rings (SSSR count). The molecule has 1 unspecified atom stereocenters. The summed E-state index contributed by atoms with van der Waals surface area (Å²) in [6.45, 7) is 7.92. The Morgan fingerprint density at radius 3 is 2.57 bits per heavy atom. The van der Waals surface area contributed by atoms with Gasteiger partial charge in [-0.1, -0.05) is 0 Å². The number of epoxide rings is 1. The van der Waals surface area contributed by atoms with Crippen LogP contribution in [-0.4, -0.2) is 61.3 Å². The first kappa shape index (κ1) is 10.4. The fraction of sp³-hybridized carbons (Fsp3) is 1.00. The first-order chi connectivity index (χ1) is 6.49. The van der Waals surface area contributed by atoms with Crippen LogP contribution < -0.4 is 0 Å². The molecular formula is C11H22N2O. The number of ether oxygens (including phenoxy) is 1. The van der Waals surface area contributed by atoms with E-state index in [4.69, 9.17) is 4.74 Å². The summed E-state index contributed by atoms with van der Waals surface area (Å²) in [6.07, 6.45) is 1.79. The summed E-state index contributed by atoms with van der Waals surface area (Å²) >= 11 is 0. The standard InChI is InChI=1S/C11H22N2O/c1-11(2)5-9(6-13(11)4)12(3)7-10-8-14-10/h9-10H,5-8H2,1-4H3/t9?,10-/m1/s1. The zero-order valence-corrected chi connectivity index (χ0v) is 9.79. The van der Waals surface area contributed by atoms with Crippen molar-refractivity contribution in [2.24, 2.45) is 0 Å². The molecule has 0 amide bonds. The van der Waals surface area contributed by atoms with Gasteiger partial charge in [-0.15, -0.1) is 0 Å². The summed E-state index contributed by atoms with van der Waals surface area (Å²) in [7, 11) is 4.45. The Morgan fingerprint density at radius 2 is 2.14 bits per heavy atom. The molecule has 0 bridgehead atoms. The number of rotatable bonds is 3. The lowest BCUT2D eigenvalue weighted by Crippen LogP contribution is -2.36. The Bertz CT molecular complexity index is 213. The fourth-order valence-electron chi connectivity index (χ4n) is 2.30. The van der Waals surface area contributed by atoms with Gasteiger partial charge in [0.25, 0.3) is 0 Å². The quantitative estimate of drug-likeness (QED) is 0.625. The molecule has 0 saturated carbocycles. The Labute approximate surface area is 87.0 Å². The fourth-order valence-corrected chi connectivity index (χ4v) is 2.30. The molecule has 0 N–H and O–H groups in total. The van der Waals surface area contributed by atoms with Gasteiger partial charge >= 0.3 is 0 Å². The molecule has 2 saturated heterocycles. The third kappa shape index (κ3) is 2.10. The average Bonchev–Trinajstić information content (AvgIpc) is 2.81. The van der Waals surface area contributed by atoms with E-state index in [0.717, 1.165) is 13.2 Å². The second-order valence-electron chi connectivity index (χ2n) is 5.45. The van der Waals surface area contributed by atoms with E-state index in [1.54, 1.807) is 0 Å². The van der Waals surface area contributed by atoms with E-state index in [1.165, 1.54) is 13.0 Å². The van der Waals surface area contributed by atoms with Crippen molar-refractivity contribution in [1.82, 2.24) is 9.80 Å². The first-order valence-electron chi connectivity index (χ1n) is 5.52. The zero-order valence-electron chi connectivity index (χ0n) is 9.79. The van der Waals surface area contributed by atoms with E-state index >= 15 is 0 Å². The van der Waals surface area contributed by atoms with E-state index in [9.17, 15) is 0 Å². The molecule has 2 atom stereocenters. The number of nitrogens with zero attached hydrogens (tertiary/aromatic N) is 2. The minimum Gasteiger partial charge on any atom is -0.372 e. The second kappa shape index (κ2) is 3.47. The topological polar surface area (TPSA) is 19.0 Å². The summed E-state index contributed by atoms with van der Waals surface area (Å²) in [4.78, 5) is 4.92. The molecule has 0 aromatic carbocycles. The van der Waals surface area contributed by atoms with Gasteiger partial charge in [0, 0.05) is 24.7 Å². The maximum atomic E-state index is 5.26. The van der Waals surface area contributed by atoms with Crippen LogP contribution in [0.4, 0.5) is 0 Å². The summed E-state index contributed by atoms with van der Waals surface area (Å²) in [5.41, 5.74) is 0.364. The van der Waals surface area contributed by atoms with E-state index in [-0.39, 0.29) is 0 Å². The molecule has 82 valence electrons. The van der Waals surface area contributed by atoms with Gasteiger partial charge in [-0.2, -0.15) is 0 Å². The zero-order chi connectivity index (χ0) is 10.3. The van der Waals surface area contributed by atoms with Gasteiger partial charge in [-0.25, -0.2) is 0 Å². The van der Waals surface area contributed by atoms with Crippen LogP contribution in [0.15, 0.2) is 0 Å². The van der Waals surface area contributed by atoms with Crippen LogP contribution >= 0.6 is 0 Å². The summed E-state index contributed by atoms with van der Waals surface area (Å²) in [5.74, 6) is 0. The van der Waals surface area contributed by atoms with E-state index in [2.05, 4.69) is 37.7 Å². The van der Waals surface area contributed by atoms with Crippen molar-refractivity contribution in [2.75, 3.05) is 33.8 Å². The second-order valence-corrected chi connectivity index (χ2v) is 5.45. The molecular weight excluding hydrogens is 176 g/mol. The van der Waals surface area contributed by atoms with Gasteiger partial charge in [0.05, 0.1) is 12.7 Å². The van der Waals surface area contributed by atoms with Crippen LogP contribution in [0, 0.1) is 0 Å². The lowest BCUT2D eigenvalue weighted by Gasteiger charge is -2.26. The first-order valence-corrected chi connectivity index (χ1v) is 5.52. The van der Waals surface area contributed by atoms with Crippen molar-refractivity contribution < 1.29 is 4.74 Å². The van der Waals surface area contributed by atoms with Crippen LogP contribution in [-0.2, 0) is 4.74 Å². The normalized spacial score (nSPS) is 36.6. The van der Waals surface area contributed by atoms with Crippen molar-refractivity contribution in [3.05, 3.63) is 0 Å². The molecule has 0 aliphatic carbocycles. The molecule has 2 fully saturated rings. The highest BCUT2D eigenvalue weighted by atomic mass is 16.6. The van der Waals surface area contributed by atoms with Crippen molar-refractivity contribution in [2.45, 2.75) is 38.0 Å². The highest BCUT2D eigenvalue weighted by Crippen LogP contribution is 2.29. The molecule has 0 spiro atoms. The molecule has 0 aromatic rings. The number of hydrogen-bond donors (Lipinski definition) is 0. The number of likely N-dealkylation sites (N-methyl/N-ethyl adjacent to an activating group) is 2. The van der Waals surface area contributed by atoms with E-state index in [1.807, 2.05) is 0 Å². The lowest BCUT2D eigenvalue weighted by molar-refractivity contribution is 0.212. The van der Waals surface area contributed by atoms with Gasteiger partial charge in [0.15, 0.2) is 0 Å². The maximum absolute atomic E-state index is 5.26. The largest absolute Gasteiger partial charge is 0.372 e. The van der Waals surface area contributed by atoms with Crippen molar-refractivity contribution >= 4 is 0 Å². The van der Waals surface area contributed by atoms with Crippen LogP contribution in [0.3, 0.4) is 0 Å². The van der Waals surface area contributed by atoms with Gasteiger partial charge in [-0.05, 0) is 34.4 Å². The van der Waals surface area contributed by atoms with Gasteiger partial charge in [0.2, 0.25) is 0 Å². The molecule has 3 heteroatoms. The van der Waals surface area contributed by atoms with Crippen LogP contribution in [0.5, 0.6) is 0 Å². The predicted molar refractivity (Wildman–Crippen MR) is 57.5 cm³/mol. The highest BCUT2D eigenvalue weighted by molar-refractivity contribution is 4.95. The third-order valence-corrected chi connectivity index (χ3v) is 3.77. The van der Waals surface area contributed by atoms with Gasteiger partial charge in [0.1, 0.15) is 0 Å². The van der Waals surface area contributed by atoms with Crippen molar-refractivity contribution in [1.29, 1.82) is 0 Å². The Balaban J connectivity index is 1.86. The van der Waals surface area contributed by atoms with Crippen LogP contribution in [0.1, 0.15) is 20.3 Å². The van der Waals surface area contributed by atoms with Crippen LogP contribution in [0.2, 0.25) is 0 Å². The summed E-state index contributed by atoms with van der Waals surface area (Å²) in [5, 5.41) is 0. The Kier molecular flexibility index (Phi) is 2.58. The molecule has 14 heavy (non-hydrogen) atoms. The third-order valence-electron chi connectivity index (χ3n) is 3.77. The van der Waals surface area contributed by atoms with Crippen molar-refractivity contribution in [3.8, 4) is 0 Å². The molecule has 2 aliphatic heterocycles. The smallest absolute Gasteiger partial charge is 0.0936 e. The molecule has 0 radical (unpaired) electrons. The summed E-state index contributed by atoms with van der Waals surface area (Å²) < 4.78 is 5.26. The van der Waals surface area contributed by atoms with E-state index < -0.39 is 0 Å². The average molecular weight is 198 g/mol. The number of hydrogen-bond acceptors (Lipinski definition) is 3. The minimum absolute atomic E-state index is 0.364. The molecule has 3 nitrogen and oxygen atoms in total. The lowest BCUT2D eigenvalue weighted by atomic mass is 10.00. The monoisotopic (exact) mass is 198 g/mol. The molecule has 2 aliphatic rings.